The van der Waals surface area contributed by atoms with Crippen molar-refractivity contribution in [1.82, 2.24) is 5.32 Å². The highest BCUT2D eigenvalue weighted by atomic mass is 15.0. The smallest absolute Gasteiger partial charge is 0.0179 e. The van der Waals surface area contributed by atoms with Gasteiger partial charge in [0.05, 0.1) is 0 Å². The SMILES string of the molecule is CCC1(NCC2CCCC2)CCC1. The maximum Gasteiger partial charge on any atom is 0.0179 e. The van der Waals surface area contributed by atoms with Gasteiger partial charge < -0.3 is 5.32 Å². The van der Waals surface area contributed by atoms with Crippen LogP contribution in [0, 0.1) is 5.92 Å². The summed E-state index contributed by atoms with van der Waals surface area (Å²) in [4.78, 5) is 0. The van der Waals surface area contributed by atoms with E-state index in [1.165, 1.54) is 57.9 Å². The number of hydrogen-bond acceptors (Lipinski definition) is 1. The largest absolute Gasteiger partial charge is 0.311 e. The van der Waals surface area contributed by atoms with E-state index in [1.807, 2.05) is 0 Å². The van der Waals surface area contributed by atoms with Gasteiger partial charge in [0.2, 0.25) is 0 Å². The monoisotopic (exact) mass is 181 g/mol. The van der Waals surface area contributed by atoms with Crippen molar-refractivity contribution in [2.24, 2.45) is 5.92 Å². The lowest BCUT2D eigenvalue weighted by atomic mass is 9.74. The third-order valence-electron chi connectivity index (χ3n) is 4.23. The molecule has 0 bridgehead atoms. The summed E-state index contributed by atoms with van der Waals surface area (Å²) in [5, 5.41) is 3.82. The van der Waals surface area contributed by atoms with Crippen molar-refractivity contribution in [2.45, 2.75) is 63.8 Å². The summed E-state index contributed by atoms with van der Waals surface area (Å²) in [5.74, 6) is 1.00. The summed E-state index contributed by atoms with van der Waals surface area (Å²) >= 11 is 0. The zero-order valence-electron chi connectivity index (χ0n) is 8.94. The standard InChI is InChI=1S/C12H23N/c1-2-12(8-5-9-12)13-10-11-6-3-4-7-11/h11,13H,2-10H2,1H3. The van der Waals surface area contributed by atoms with Gasteiger partial charge in [-0.2, -0.15) is 0 Å². The fourth-order valence-corrected chi connectivity index (χ4v) is 2.83. The van der Waals surface area contributed by atoms with E-state index in [-0.39, 0.29) is 0 Å². The van der Waals surface area contributed by atoms with Gasteiger partial charge in [0.1, 0.15) is 0 Å². The van der Waals surface area contributed by atoms with Gasteiger partial charge in [-0.05, 0) is 51.0 Å². The molecule has 2 fully saturated rings. The highest BCUT2D eigenvalue weighted by molar-refractivity contribution is 4.95. The Labute approximate surface area is 82.3 Å². The highest BCUT2D eigenvalue weighted by Gasteiger charge is 2.34. The van der Waals surface area contributed by atoms with Crippen LogP contribution in [0.3, 0.4) is 0 Å². The van der Waals surface area contributed by atoms with Gasteiger partial charge in [-0.25, -0.2) is 0 Å². The van der Waals surface area contributed by atoms with E-state index in [0.717, 1.165) is 5.92 Å². The molecule has 2 saturated carbocycles. The molecule has 1 heteroatoms. The topological polar surface area (TPSA) is 12.0 Å². The molecule has 0 aromatic heterocycles. The molecule has 2 aliphatic carbocycles. The van der Waals surface area contributed by atoms with E-state index >= 15 is 0 Å². The molecule has 0 aromatic rings. The maximum absolute atomic E-state index is 3.82. The van der Waals surface area contributed by atoms with Crippen LogP contribution in [0.5, 0.6) is 0 Å². The quantitative estimate of drug-likeness (QED) is 0.702. The van der Waals surface area contributed by atoms with Crippen molar-refractivity contribution in [3.63, 3.8) is 0 Å². The Bertz CT molecular complexity index is 149. The average molecular weight is 181 g/mol. The maximum atomic E-state index is 3.82. The van der Waals surface area contributed by atoms with Crippen LogP contribution < -0.4 is 5.32 Å². The molecule has 0 radical (unpaired) electrons. The zero-order valence-corrected chi connectivity index (χ0v) is 8.94. The van der Waals surface area contributed by atoms with Crippen molar-refractivity contribution in [2.75, 3.05) is 6.54 Å². The van der Waals surface area contributed by atoms with Crippen molar-refractivity contribution < 1.29 is 0 Å². The Morgan fingerprint density at radius 2 is 1.85 bits per heavy atom. The molecule has 0 spiro atoms. The molecule has 76 valence electrons. The minimum Gasteiger partial charge on any atom is -0.311 e. The van der Waals surface area contributed by atoms with Gasteiger partial charge in [0.25, 0.3) is 0 Å². The normalized spacial score (nSPS) is 27.5. The van der Waals surface area contributed by atoms with Crippen LogP contribution in [0.25, 0.3) is 0 Å². The van der Waals surface area contributed by atoms with Crippen LogP contribution in [0.4, 0.5) is 0 Å². The first kappa shape index (κ1) is 9.51. The molecule has 0 amide bonds. The Morgan fingerprint density at radius 3 is 2.31 bits per heavy atom. The first-order valence-electron chi connectivity index (χ1n) is 6.10. The van der Waals surface area contributed by atoms with Gasteiger partial charge >= 0.3 is 0 Å². The predicted molar refractivity (Wildman–Crippen MR) is 56.8 cm³/mol. The van der Waals surface area contributed by atoms with Gasteiger partial charge in [-0.3, -0.25) is 0 Å². The number of nitrogens with one attached hydrogen (secondary N) is 1. The molecular formula is C12H23N. The van der Waals surface area contributed by atoms with Gasteiger partial charge in [0, 0.05) is 5.54 Å². The molecule has 0 heterocycles. The molecule has 1 N–H and O–H groups in total. The molecule has 2 rings (SSSR count). The summed E-state index contributed by atoms with van der Waals surface area (Å²) in [5.41, 5.74) is 0.572. The predicted octanol–water partition coefficient (Wildman–Crippen LogP) is 3.10. The minimum atomic E-state index is 0.572. The fraction of sp³-hybridized carbons (Fsp3) is 1.00. The third kappa shape index (κ3) is 2.07. The van der Waals surface area contributed by atoms with Crippen molar-refractivity contribution in [1.29, 1.82) is 0 Å². The lowest BCUT2D eigenvalue weighted by molar-refractivity contribution is 0.168. The van der Waals surface area contributed by atoms with Gasteiger partial charge in [0.15, 0.2) is 0 Å². The molecule has 0 atom stereocenters. The Balaban J connectivity index is 1.71. The van der Waals surface area contributed by atoms with E-state index in [1.54, 1.807) is 0 Å². The molecule has 0 saturated heterocycles. The third-order valence-corrected chi connectivity index (χ3v) is 4.23. The summed E-state index contributed by atoms with van der Waals surface area (Å²) in [6, 6.07) is 0. The van der Waals surface area contributed by atoms with E-state index in [9.17, 15) is 0 Å². The van der Waals surface area contributed by atoms with Crippen LogP contribution in [0.2, 0.25) is 0 Å². The molecule has 0 aliphatic heterocycles. The Hall–Kier alpha value is -0.0400. The second kappa shape index (κ2) is 4.00. The molecule has 0 unspecified atom stereocenters. The Morgan fingerprint density at radius 1 is 1.15 bits per heavy atom. The molecule has 13 heavy (non-hydrogen) atoms. The second-order valence-electron chi connectivity index (χ2n) is 5.02. The van der Waals surface area contributed by atoms with Crippen LogP contribution in [-0.4, -0.2) is 12.1 Å². The Kier molecular flexibility index (Phi) is 2.92. The van der Waals surface area contributed by atoms with E-state index in [2.05, 4.69) is 12.2 Å². The molecule has 1 nitrogen and oxygen atoms in total. The van der Waals surface area contributed by atoms with E-state index in [4.69, 9.17) is 0 Å². The van der Waals surface area contributed by atoms with E-state index < -0.39 is 0 Å². The van der Waals surface area contributed by atoms with Crippen LogP contribution in [0.1, 0.15) is 58.3 Å². The van der Waals surface area contributed by atoms with Crippen molar-refractivity contribution in [3.8, 4) is 0 Å². The second-order valence-corrected chi connectivity index (χ2v) is 5.02. The van der Waals surface area contributed by atoms with Crippen LogP contribution >= 0.6 is 0 Å². The summed E-state index contributed by atoms with van der Waals surface area (Å²) in [6.07, 6.45) is 11.5. The molecular weight excluding hydrogens is 158 g/mol. The van der Waals surface area contributed by atoms with Gasteiger partial charge in [-0.1, -0.05) is 19.8 Å². The summed E-state index contributed by atoms with van der Waals surface area (Å²) in [7, 11) is 0. The van der Waals surface area contributed by atoms with E-state index in [0.29, 0.717) is 5.54 Å². The lowest BCUT2D eigenvalue weighted by Crippen LogP contribution is -2.51. The summed E-state index contributed by atoms with van der Waals surface area (Å²) in [6.45, 7) is 3.63. The van der Waals surface area contributed by atoms with Crippen molar-refractivity contribution >= 4 is 0 Å². The highest BCUT2D eigenvalue weighted by Crippen LogP contribution is 2.35. The number of rotatable bonds is 4. The summed E-state index contributed by atoms with van der Waals surface area (Å²) < 4.78 is 0. The van der Waals surface area contributed by atoms with Crippen LogP contribution in [-0.2, 0) is 0 Å². The van der Waals surface area contributed by atoms with Crippen molar-refractivity contribution in [3.05, 3.63) is 0 Å². The first-order valence-corrected chi connectivity index (χ1v) is 6.10. The molecule has 2 aliphatic rings. The lowest BCUT2D eigenvalue weighted by Gasteiger charge is -2.43. The van der Waals surface area contributed by atoms with Gasteiger partial charge in [-0.15, -0.1) is 0 Å². The minimum absolute atomic E-state index is 0.572. The molecule has 0 aromatic carbocycles. The van der Waals surface area contributed by atoms with Crippen LogP contribution in [0.15, 0.2) is 0 Å². The fourth-order valence-electron chi connectivity index (χ4n) is 2.83. The first-order chi connectivity index (χ1) is 6.35. The average Bonchev–Trinajstić information content (AvgIpc) is 2.56. The number of hydrogen-bond donors (Lipinski definition) is 1. The zero-order chi connectivity index (χ0) is 9.15.